The third-order valence-electron chi connectivity index (χ3n) is 4.35. The standard InChI is InChI=1S/C22H19N3O4/c1-13-4-9-20-16(10-13)11-19(14(2)23-20)22(26)28-18-7-5-17(6-8-18)27-12-21-24-15(3)25-29-21/h4-11H,12H2,1-3H3. The van der Waals surface area contributed by atoms with Crippen molar-refractivity contribution in [2.24, 2.45) is 0 Å². The van der Waals surface area contributed by atoms with Crippen LogP contribution in [0.2, 0.25) is 0 Å². The van der Waals surface area contributed by atoms with E-state index in [0.717, 1.165) is 16.5 Å². The van der Waals surface area contributed by atoms with E-state index in [9.17, 15) is 4.79 Å². The minimum Gasteiger partial charge on any atom is -0.484 e. The molecule has 0 aliphatic rings. The third-order valence-corrected chi connectivity index (χ3v) is 4.35. The first kappa shape index (κ1) is 18.6. The number of benzene rings is 2. The molecule has 0 saturated carbocycles. The predicted octanol–water partition coefficient (Wildman–Crippen LogP) is 4.34. The van der Waals surface area contributed by atoms with Gasteiger partial charge in [0.05, 0.1) is 16.8 Å². The van der Waals surface area contributed by atoms with Crippen molar-refractivity contribution in [2.75, 3.05) is 0 Å². The zero-order chi connectivity index (χ0) is 20.4. The number of ether oxygens (including phenoxy) is 2. The molecule has 0 spiro atoms. The van der Waals surface area contributed by atoms with Gasteiger partial charge in [0.1, 0.15) is 11.5 Å². The highest BCUT2D eigenvalue weighted by atomic mass is 16.5. The van der Waals surface area contributed by atoms with Crippen LogP contribution < -0.4 is 9.47 Å². The molecule has 0 aliphatic carbocycles. The van der Waals surface area contributed by atoms with Crippen molar-refractivity contribution in [1.82, 2.24) is 15.1 Å². The zero-order valence-corrected chi connectivity index (χ0v) is 16.3. The number of esters is 1. The SMILES string of the molecule is Cc1ccc2nc(C)c(C(=O)Oc3ccc(OCc4nc(C)no4)cc3)cc2c1. The smallest absolute Gasteiger partial charge is 0.345 e. The van der Waals surface area contributed by atoms with Crippen molar-refractivity contribution < 1.29 is 18.8 Å². The second kappa shape index (κ2) is 7.71. The normalized spacial score (nSPS) is 10.9. The number of fused-ring (bicyclic) bond motifs is 1. The van der Waals surface area contributed by atoms with Crippen molar-refractivity contribution >= 4 is 16.9 Å². The third kappa shape index (κ3) is 4.24. The number of rotatable bonds is 5. The van der Waals surface area contributed by atoms with Crippen LogP contribution in [-0.4, -0.2) is 21.1 Å². The number of hydrogen-bond donors (Lipinski definition) is 0. The molecule has 0 N–H and O–H groups in total. The summed E-state index contributed by atoms with van der Waals surface area (Å²) in [5.41, 5.74) is 3.02. The summed E-state index contributed by atoms with van der Waals surface area (Å²) in [7, 11) is 0. The van der Waals surface area contributed by atoms with Crippen molar-refractivity contribution in [2.45, 2.75) is 27.4 Å². The van der Waals surface area contributed by atoms with Gasteiger partial charge in [-0.3, -0.25) is 4.98 Å². The van der Waals surface area contributed by atoms with Gasteiger partial charge in [-0.1, -0.05) is 16.8 Å². The molecular formula is C22H19N3O4. The molecule has 146 valence electrons. The van der Waals surface area contributed by atoms with E-state index < -0.39 is 5.97 Å². The van der Waals surface area contributed by atoms with Crippen molar-refractivity contribution in [3.63, 3.8) is 0 Å². The number of carbonyl (C=O) groups is 1. The Morgan fingerprint density at radius 2 is 1.72 bits per heavy atom. The van der Waals surface area contributed by atoms with Gasteiger partial charge >= 0.3 is 5.97 Å². The van der Waals surface area contributed by atoms with Crippen LogP contribution in [0.1, 0.15) is 33.3 Å². The van der Waals surface area contributed by atoms with Gasteiger partial charge in [-0.15, -0.1) is 0 Å². The molecule has 7 heteroatoms. The lowest BCUT2D eigenvalue weighted by molar-refractivity contribution is 0.0733. The number of aromatic nitrogens is 3. The Labute approximate surface area is 167 Å². The zero-order valence-electron chi connectivity index (χ0n) is 16.3. The van der Waals surface area contributed by atoms with Crippen LogP contribution >= 0.6 is 0 Å². The van der Waals surface area contributed by atoms with E-state index >= 15 is 0 Å². The predicted molar refractivity (Wildman–Crippen MR) is 106 cm³/mol. The molecule has 0 atom stereocenters. The van der Waals surface area contributed by atoms with E-state index in [-0.39, 0.29) is 6.61 Å². The van der Waals surface area contributed by atoms with Gasteiger partial charge in [-0.25, -0.2) is 4.79 Å². The summed E-state index contributed by atoms with van der Waals surface area (Å²) in [6.07, 6.45) is 0. The van der Waals surface area contributed by atoms with Crippen LogP contribution in [-0.2, 0) is 6.61 Å². The van der Waals surface area contributed by atoms with Crippen molar-refractivity contribution in [3.05, 3.63) is 77.1 Å². The molecule has 4 aromatic rings. The monoisotopic (exact) mass is 389 g/mol. The summed E-state index contributed by atoms with van der Waals surface area (Å²) in [6, 6.07) is 14.5. The fraction of sp³-hybridized carbons (Fsp3) is 0.182. The van der Waals surface area contributed by atoms with Crippen LogP contribution in [0.15, 0.2) is 53.1 Å². The van der Waals surface area contributed by atoms with Crippen LogP contribution in [0.5, 0.6) is 11.5 Å². The van der Waals surface area contributed by atoms with Gasteiger partial charge in [0, 0.05) is 5.39 Å². The molecule has 2 aromatic carbocycles. The highest BCUT2D eigenvalue weighted by Crippen LogP contribution is 2.22. The van der Waals surface area contributed by atoms with E-state index in [1.807, 2.05) is 31.2 Å². The summed E-state index contributed by atoms with van der Waals surface area (Å²) in [6.45, 7) is 5.71. The van der Waals surface area contributed by atoms with Gasteiger partial charge in [-0.2, -0.15) is 4.98 Å². The largest absolute Gasteiger partial charge is 0.484 e. The summed E-state index contributed by atoms with van der Waals surface area (Å²) >= 11 is 0. The maximum absolute atomic E-state index is 12.6. The average Bonchev–Trinajstić information content (AvgIpc) is 3.12. The molecule has 2 heterocycles. The lowest BCUT2D eigenvalue weighted by Gasteiger charge is -2.09. The van der Waals surface area contributed by atoms with Gasteiger partial charge in [0.15, 0.2) is 12.4 Å². The van der Waals surface area contributed by atoms with Gasteiger partial charge in [-0.05, 0) is 63.2 Å². The first-order valence-corrected chi connectivity index (χ1v) is 9.10. The average molecular weight is 389 g/mol. The summed E-state index contributed by atoms with van der Waals surface area (Å²) in [5.74, 6) is 1.51. The fourth-order valence-electron chi connectivity index (χ4n) is 2.91. The highest BCUT2D eigenvalue weighted by molar-refractivity contribution is 5.96. The molecule has 0 radical (unpaired) electrons. The number of nitrogens with zero attached hydrogens (tertiary/aromatic N) is 3. The van der Waals surface area contributed by atoms with Crippen LogP contribution in [0.25, 0.3) is 10.9 Å². The number of carbonyl (C=O) groups excluding carboxylic acids is 1. The first-order valence-electron chi connectivity index (χ1n) is 9.10. The second-order valence-corrected chi connectivity index (χ2v) is 6.70. The fourth-order valence-corrected chi connectivity index (χ4v) is 2.91. The Morgan fingerprint density at radius 1 is 0.966 bits per heavy atom. The van der Waals surface area contributed by atoms with E-state index in [0.29, 0.717) is 34.5 Å². The number of pyridine rings is 1. The van der Waals surface area contributed by atoms with Crippen molar-refractivity contribution in [1.29, 1.82) is 0 Å². The topological polar surface area (TPSA) is 87.3 Å². The molecule has 0 saturated heterocycles. The van der Waals surface area contributed by atoms with E-state index in [4.69, 9.17) is 14.0 Å². The molecule has 0 fully saturated rings. The molecule has 0 bridgehead atoms. The molecule has 0 amide bonds. The van der Waals surface area contributed by atoms with Gasteiger partial charge in [0.25, 0.3) is 5.89 Å². The van der Waals surface area contributed by atoms with Gasteiger partial charge in [0.2, 0.25) is 0 Å². The Kier molecular flexibility index (Phi) is 4.95. The first-order chi connectivity index (χ1) is 14.0. The quantitative estimate of drug-likeness (QED) is 0.370. The molecule has 2 aromatic heterocycles. The summed E-state index contributed by atoms with van der Waals surface area (Å²) in [5, 5.41) is 4.61. The highest BCUT2D eigenvalue weighted by Gasteiger charge is 2.14. The molecule has 0 aliphatic heterocycles. The molecule has 0 unspecified atom stereocenters. The van der Waals surface area contributed by atoms with Crippen molar-refractivity contribution in [3.8, 4) is 11.5 Å². The molecule has 29 heavy (non-hydrogen) atoms. The second-order valence-electron chi connectivity index (χ2n) is 6.70. The lowest BCUT2D eigenvalue weighted by Crippen LogP contribution is -2.11. The molecule has 4 rings (SSSR count). The molecular weight excluding hydrogens is 370 g/mol. The van der Waals surface area contributed by atoms with E-state index in [1.54, 1.807) is 38.1 Å². The Morgan fingerprint density at radius 3 is 2.45 bits per heavy atom. The Hall–Kier alpha value is -3.74. The summed E-state index contributed by atoms with van der Waals surface area (Å²) < 4.78 is 16.1. The number of hydrogen-bond acceptors (Lipinski definition) is 7. The maximum Gasteiger partial charge on any atom is 0.345 e. The van der Waals surface area contributed by atoms with Crippen LogP contribution in [0.3, 0.4) is 0 Å². The Bertz CT molecular complexity index is 1180. The van der Waals surface area contributed by atoms with E-state index in [2.05, 4.69) is 15.1 Å². The number of aryl methyl sites for hydroxylation is 3. The van der Waals surface area contributed by atoms with Gasteiger partial charge < -0.3 is 14.0 Å². The van der Waals surface area contributed by atoms with E-state index in [1.165, 1.54) is 0 Å². The minimum atomic E-state index is -0.451. The van der Waals surface area contributed by atoms with Crippen LogP contribution in [0, 0.1) is 20.8 Å². The minimum absolute atomic E-state index is 0.168. The lowest BCUT2D eigenvalue weighted by atomic mass is 10.1. The van der Waals surface area contributed by atoms with Crippen LogP contribution in [0.4, 0.5) is 0 Å². The summed E-state index contributed by atoms with van der Waals surface area (Å²) in [4.78, 5) is 21.2. The molecule has 7 nitrogen and oxygen atoms in total. The maximum atomic E-state index is 12.6. The Balaban J connectivity index is 1.45.